The summed E-state index contributed by atoms with van der Waals surface area (Å²) in [6.07, 6.45) is 0. The van der Waals surface area contributed by atoms with Crippen molar-refractivity contribution in [1.29, 1.82) is 0 Å². The molecule has 5 aliphatic heterocycles. The minimum Gasteiger partial charge on any atom is -0.458 e. The maximum Gasteiger partial charge on any atom is 0.256 e. The summed E-state index contributed by atoms with van der Waals surface area (Å²) in [5.41, 5.74) is 15.1. The molecule has 7 aromatic rings. The largest absolute Gasteiger partial charge is 0.458 e. The second-order valence-corrected chi connectivity index (χ2v) is 12.0. The molecule has 0 atom stereocenters. The van der Waals surface area contributed by atoms with Gasteiger partial charge < -0.3 is 18.9 Å². The van der Waals surface area contributed by atoms with Crippen LogP contribution in [0.25, 0.3) is 27.5 Å². The average molecular weight is 532 g/mol. The smallest absolute Gasteiger partial charge is 0.256 e. The first-order chi connectivity index (χ1) is 20.9. The third-order valence-corrected chi connectivity index (χ3v) is 10.2. The molecule has 4 nitrogen and oxygen atoms in total. The number of hydrogen-bond donors (Lipinski definition) is 0. The first-order valence-electron chi connectivity index (χ1n) is 14.6. The molecule has 0 aliphatic carbocycles. The minimum absolute atomic E-state index is 0.0667. The summed E-state index contributed by atoms with van der Waals surface area (Å²) in [5, 5.41) is 2.58. The van der Waals surface area contributed by atoms with E-state index in [1.165, 1.54) is 77.3 Å². The Morgan fingerprint density at radius 2 is 1.12 bits per heavy atom. The number of ether oxygens (including phenoxy) is 2. The van der Waals surface area contributed by atoms with Crippen molar-refractivity contribution in [2.45, 2.75) is 0 Å². The number of rotatable bonds is 0. The molecule has 0 spiro atoms. The molecule has 42 heavy (non-hydrogen) atoms. The fourth-order valence-corrected chi connectivity index (χ4v) is 8.75. The predicted molar refractivity (Wildman–Crippen MR) is 171 cm³/mol. The quantitative estimate of drug-likeness (QED) is 0.271. The van der Waals surface area contributed by atoms with Gasteiger partial charge in [-0.15, -0.1) is 0 Å². The van der Waals surface area contributed by atoms with Gasteiger partial charge in [-0.2, -0.15) is 0 Å². The zero-order valence-electron chi connectivity index (χ0n) is 22.3. The standard InChI is InChI=1S/C36H18B2N2O2/c1-4-12-25-19(8-1)20-16-17-24-35-33(20)39(25)26-13-7-11-23-34(26)40(35)36-31-29(41-27-14-5-2-9-21(27)37(23)31)18-30-32(36)38(24)22-10-3-6-15-28(22)42-30/h1-18H. The van der Waals surface area contributed by atoms with Crippen LogP contribution in [-0.4, -0.2) is 18.0 Å². The summed E-state index contributed by atoms with van der Waals surface area (Å²) < 4.78 is 16.0. The van der Waals surface area contributed by atoms with Crippen LogP contribution in [0.5, 0.6) is 23.0 Å². The van der Waals surface area contributed by atoms with Crippen LogP contribution in [-0.2, 0) is 0 Å². The lowest BCUT2D eigenvalue weighted by Gasteiger charge is -2.49. The van der Waals surface area contributed by atoms with E-state index in [2.05, 4.69) is 119 Å². The third-order valence-electron chi connectivity index (χ3n) is 10.2. The van der Waals surface area contributed by atoms with Crippen molar-refractivity contribution in [2.24, 2.45) is 0 Å². The second-order valence-electron chi connectivity index (χ2n) is 12.0. The van der Waals surface area contributed by atoms with Gasteiger partial charge in [0.25, 0.3) is 13.4 Å². The fourth-order valence-electron chi connectivity index (χ4n) is 8.75. The van der Waals surface area contributed by atoms with E-state index in [1.807, 2.05) is 0 Å². The van der Waals surface area contributed by atoms with Crippen molar-refractivity contribution >= 4 is 85.1 Å². The minimum atomic E-state index is 0.0667. The molecule has 1 aromatic heterocycles. The molecule has 12 rings (SSSR count). The maximum atomic E-state index is 6.72. The van der Waals surface area contributed by atoms with E-state index in [-0.39, 0.29) is 13.4 Å². The van der Waals surface area contributed by atoms with Gasteiger partial charge in [0.1, 0.15) is 23.0 Å². The second kappa shape index (κ2) is 6.58. The zero-order valence-corrected chi connectivity index (χ0v) is 22.3. The Morgan fingerprint density at radius 1 is 0.476 bits per heavy atom. The molecule has 0 unspecified atom stereocenters. The lowest BCUT2D eigenvalue weighted by atomic mass is 9.29. The van der Waals surface area contributed by atoms with Crippen LogP contribution in [0.2, 0.25) is 0 Å². The first kappa shape index (κ1) is 20.5. The van der Waals surface area contributed by atoms with E-state index in [0.717, 1.165) is 23.0 Å². The number of para-hydroxylation sites is 4. The van der Waals surface area contributed by atoms with Gasteiger partial charge in [0.05, 0.1) is 28.1 Å². The van der Waals surface area contributed by atoms with Crippen LogP contribution < -0.4 is 47.2 Å². The summed E-state index contributed by atoms with van der Waals surface area (Å²) in [5.74, 6) is 3.62. The molecule has 0 saturated heterocycles. The highest BCUT2D eigenvalue weighted by atomic mass is 16.5. The summed E-state index contributed by atoms with van der Waals surface area (Å²) in [4.78, 5) is 2.57. The number of aromatic nitrogens is 1. The molecule has 0 fully saturated rings. The molecule has 190 valence electrons. The fraction of sp³-hybridized carbons (Fsp3) is 0. The molecule has 0 amide bonds. The highest BCUT2D eigenvalue weighted by Crippen LogP contribution is 2.53. The molecule has 0 radical (unpaired) electrons. The van der Waals surface area contributed by atoms with E-state index >= 15 is 0 Å². The highest BCUT2D eigenvalue weighted by Gasteiger charge is 2.52. The van der Waals surface area contributed by atoms with Crippen molar-refractivity contribution in [3.05, 3.63) is 109 Å². The number of nitrogens with zero attached hydrogens (tertiary/aromatic N) is 2. The van der Waals surface area contributed by atoms with Crippen molar-refractivity contribution in [3.63, 3.8) is 0 Å². The van der Waals surface area contributed by atoms with Crippen molar-refractivity contribution in [3.8, 4) is 28.7 Å². The van der Waals surface area contributed by atoms with Crippen molar-refractivity contribution in [1.82, 2.24) is 4.57 Å². The average Bonchev–Trinajstić information content (AvgIpc) is 3.38. The SMILES string of the molecule is c1ccc2c(c1)Oc1cc3c4c5c1B2c1cccc2c1N5c1c(ccc5c6ccccc6n-2c15)B4c1ccccc1O3. The number of benzene rings is 6. The highest BCUT2D eigenvalue weighted by molar-refractivity contribution is 7.04. The molecule has 5 aliphatic rings. The van der Waals surface area contributed by atoms with Crippen molar-refractivity contribution in [2.75, 3.05) is 4.90 Å². The number of fused-ring (bicyclic) bond motifs is 10. The van der Waals surface area contributed by atoms with Crippen LogP contribution in [0.15, 0.2) is 109 Å². The monoisotopic (exact) mass is 532 g/mol. The topological polar surface area (TPSA) is 26.6 Å². The molecule has 6 heteroatoms. The van der Waals surface area contributed by atoms with Gasteiger partial charge in [-0.3, -0.25) is 0 Å². The van der Waals surface area contributed by atoms with E-state index in [4.69, 9.17) is 9.47 Å². The van der Waals surface area contributed by atoms with Gasteiger partial charge in [-0.05, 0) is 57.0 Å². The lowest BCUT2D eigenvalue weighted by Crippen LogP contribution is -2.67. The molecule has 6 aromatic carbocycles. The van der Waals surface area contributed by atoms with Crippen molar-refractivity contribution < 1.29 is 9.47 Å². The maximum absolute atomic E-state index is 6.72. The first-order valence-corrected chi connectivity index (χ1v) is 14.6. The number of anilines is 3. The van der Waals surface area contributed by atoms with E-state index in [0.29, 0.717) is 0 Å². The number of hydrogen-bond acceptors (Lipinski definition) is 3. The van der Waals surface area contributed by atoms with Gasteiger partial charge in [0.2, 0.25) is 0 Å². The Balaban J connectivity index is 1.36. The van der Waals surface area contributed by atoms with Gasteiger partial charge in [0, 0.05) is 22.5 Å². The Bertz CT molecular complexity index is 2440. The predicted octanol–water partition coefficient (Wildman–Crippen LogP) is 4.44. The molecule has 0 bridgehead atoms. The zero-order chi connectivity index (χ0) is 26.8. The van der Waals surface area contributed by atoms with Crippen LogP contribution in [0.3, 0.4) is 0 Å². The molecule has 6 heterocycles. The molecular weight excluding hydrogens is 514 g/mol. The van der Waals surface area contributed by atoms with Crippen LogP contribution in [0.4, 0.5) is 17.1 Å². The van der Waals surface area contributed by atoms with Crippen LogP contribution in [0.1, 0.15) is 0 Å². The van der Waals surface area contributed by atoms with Gasteiger partial charge in [-0.25, -0.2) is 0 Å². The Kier molecular flexibility index (Phi) is 3.21. The summed E-state index contributed by atoms with van der Waals surface area (Å²) in [7, 11) is 0. The normalized spacial score (nSPS) is 14.9. The Morgan fingerprint density at radius 3 is 1.88 bits per heavy atom. The molecule has 0 N–H and O–H groups in total. The van der Waals surface area contributed by atoms with Gasteiger partial charge in [0.15, 0.2) is 0 Å². The van der Waals surface area contributed by atoms with Gasteiger partial charge >= 0.3 is 0 Å². The molecule has 0 saturated carbocycles. The molecular formula is C36H18B2N2O2. The van der Waals surface area contributed by atoms with E-state index in [1.54, 1.807) is 0 Å². The van der Waals surface area contributed by atoms with E-state index in [9.17, 15) is 0 Å². The Hall–Kier alpha value is -5.35. The summed E-state index contributed by atoms with van der Waals surface area (Å²) >= 11 is 0. The third kappa shape index (κ3) is 2.04. The Labute approximate surface area is 241 Å². The summed E-state index contributed by atoms with van der Waals surface area (Å²) in [6, 6.07) is 39.7. The lowest BCUT2D eigenvalue weighted by molar-refractivity contribution is 0.465. The van der Waals surface area contributed by atoms with Crippen LogP contribution >= 0.6 is 0 Å². The summed E-state index contributed by atoms with van der Waals surface area (Å²) in [6.45, 7) is 0.135. The van der Waals surface area contributed by atoms with E-state index < -0.39 is 0 Å². The van der Waals surface area contributed by atoms with Crippen LogP contribution in [0, 0.1) is 0 Å². The van der Waals surface area contributed by atoms with Gasteiger partial charge in [-0.1, -0.05) is 78.9 Å².